The Hall–Kier alpha value is -1.95. The van der Waals surface area contributed by atoms with E-state index in [0.717, 1.165) is 12.8 Å². The third-order valence-corrected chi connectivity index (χ3v) is 4.15. The number of hydrogen-bond donors (Lipinski definition) is 0. The zero-order valence-electron chi connectivity index (χ0n) is 11.8. The smallest absolute Gasteiger partial charge is 0.350 e. The van der Waals surface area contributed by atoms with Gasteiger partial charge in [0, 0.05) is 13.2 Å². The van der Waals surface area contributed by atoms with Gasteiger partial charge in [0.05, 0.1) is 7.11 Å². The number of carbonyl (C=O) groups is 2. The van der Waals surface area contributed by atoms with Gasteiger partial charge in [-0.2, -0.15) is 0 Å². The van der Waals surface area contributed by atoms with Gasteiger partial charge < -0.3 is 14.4 Å². The van der Waals surface area contributed by atoms with Crippen molar-refractivity contribution in [3.63, 3.8) is 0 Å². The topological polar surface area (TPSA) is 55.8 Å². The van der Waals surface area contributed by atoms with Crippen molar-refractivity contribution in [3.8, 4) is 0 Å². The molecule has 21 heavy (non-hydrogen) atoms. The maximum atomic E-state index is 13.1. The Kier molecular flexibility index (Phi) is 3.20. The Morgan fingerprint density at radius 1 is 1.29 bits per heavy atom. The average molecular weight is 293 g/mol. The van der Waals surface area contributed by atoms with Gasteiger partial charge in [0.25, 0.3) is 11.5 Å². The highest BCUT2D eigenvalue weighted by Gasteiger charge is 2.70. The van der Waals surface area contributed by atoms with Gasteiger partial charge in [0.1, 0.15) is 11.9 Å². The van der Waals surface area contributed by atoms with Gasteiger partial charge in [-0.15, -0.1) is 0 Å². The van der Waals surface area contributed by atoms with Gasteiger partial charge in [-0.3, -0.25) is 4.79 Å². The summed E-state index contributed by atoms with van der Waals surface area (Å²) in [6.07, 6.45) is 1.81. The number of rotatable bonds is 4. The fourth-order valence-electron chi connectivity index (χ4n) is 2.96. The molecule has 1 amide bonds. The molecule has 6 heteroatoms. The second-order valence-corrected chi connectivity index (χ2v) is 5.33. The van der Waals surface area contributed by atoms with E-state index in [4.69, 9.17) is 9.47 Å². The molecule has 0 unspecified atom stereocenters. The number of esters is 1. The van der Waals surface area contributed by atoms with Crippen molar-refractivity contribution in [2.75, 3.05) is 14.2 Å². The number of halogens is 1. The highest BCUT2D eigenvalue weighted by Crippen LogP contribution is 2.51. The van der Waals surface area contributed by atoms with Crippen molar-refractivity contribution >= 4 is 11.9 Å². The molecule has 0 aromatic heterocycles. The highest BCUT2D eigenvalue weighted by atomic mass is 19.1. The molecule has 1 aromatic carbocycles. The minimum atomic E-state index is -1.66. The summed E-state index contributed by atoms with van der Waals surface area (Å²) in [7, 11) is 2.54. The number of β-lactam (4-membered cyclic amide) rings is 1. The Bertz CT molecular complexity index is 584. The normalized spacial score (nSPS) is 28.2. The number of amides is 1. The number of hydrogen-bond acceptors (Lipinski definition) is 4. The summed E-state index contributed by atoms with van der Waals surface area (Å²) in [5.74, 6) is -1.47. The largest absolute Gasteiger partial charge is 0.466 e. The van der Waals surface area contributed by atoms with Crippen LogP contribution in [0.2, 0.25) is 0 Å². The van der Waals surface area contributed by atoms with E-state index in [2.05, 4.69) is 0 Å². The van der Waals surface area contributed by atoms with Crippen LogP contribution in [0.1, 0.15) is 24.4 Å². The van der Waals surface area contributed by atoms with Crippen LogP contribution >= 0.6 is 0 Å². The lowest BCUT2D eigenvalue weighted by Gasteiger charge is -2.53. The summed E-state index contributed by atoms with van der Waals surface area (Å²) in [4.78, 5) is 26.2. The Labute approximate surface area is 121 Å². The van der Waals surface area contributed by atoms with Crippen molar-refractivity contribution in [2.24, 2.45) is 0 Å². The van der Waals surface area contributed by atoms with Crippen molar-refractivity contribution in [1.29, 1.82) is 0 Å². The second-order valence-electron chi connectivity index (χ2n) is 5.33. The number of methoxy groups -OCH3 is 2. The molecule has 1 aromatic rings. The highest BCUT2D eigenvalue weighted by molar-refractivity contribution is 6.12. The number of ether oxygens (including phenoxy) is 2. The Morgan fingerprint density at radius 3 is 2.38 bits per heavy atom. The fraction of sp³-hybridized carbons (Fsp3) is 0.467. The molecule has 1 heterocycles. The molecule has 1 saturated carbocycles. The fourth-order valence-corrected chi connectivity index (χ4v) is 2.96. The van der Waals surface area contributed by atoms with Crippen LogP contribution in [0.15, 0.2) is 24.3 Å². The summed E-state index contributed by atoms with van der Waals surface area (Å²) in [5.41, 5.74) is -0.995. The third-order valence-electron chi connectivity index (χ3n) is 4.15. The first-order chi connectivity index (χ1) is 10.1. The second kappa shape index (κ2) is 4.80. The van der Waals surface area contributed by atoms with Gasteiger partial charge in [0.15, 0.2) is 0 Å². The number of likely N-dealkylation sites (tertiary alicyclic amines) is 1. The first-order valence-electron chi connectivity index (χ1n) is 6.78. The maximum Gasteiger partial charge on any atom is 0.350 e. The van der Waals surface area contributed by atoms with E-state index >= 15 is 0 Å². The Morgan fingerprint density at radius 2 is 1.90 bits per heavy atom. The molecule has 3 rings (SSSR count). The molecule has 0 N–H and O–H groups in total. The molecule has 1 aliphatic heterocycles. The van der Waals surface area contributed by atoms with E-state index in [1.165, 1.54) is 26.4 Å². The summed E-state index contributed by atoms with van der Waals surface area (Å²) in [5, 5.41) is 0. The minimum absolute atomic E-state index is 0.125. The van der Waals surface area contributed by atoms with Crippen LogP contribution in [0.3, 0.4) is 0 Å². The van der Waals surface area contributed by atoms with Gasteiger partial charge in [0.2, 0.25) is 0 Å². The van der Waals surface area contributed by atoms with Crippen molar-refractivity contribution in [2.45, 2.75) is 30.5 Å². The van der Waals surface area contributed by atoms with Crippen LogP contribution in [-0.4, -0.2) is 42.6 Å². The molecule has 2 fully saturated rings. The summed E-state index contributed by atoms with van der Waals surface area (Å²) < 4.78 is 23.2. The number of carbonyl (C=O) groups excluding carboxylic acids is 2. The summed E-state index contributed by atoms with van der Waals surface area (Å²) >= 11 is 0. The summed E-state index contributed by atoms with van der Waals surface area (Å²) in [6, 6.07) is 5.30. The molecular weight excluding hydrogens is 277 g/mol. The lowest BCUT2D eigenvalue weighted by molar-refractivity contribution is -0.214. The molecule has 2 atom stereocenters. The zero-order chi connectivity index (χ0) is 15.2. The molecule has 1 saturated heterocycles. The van der Waals surface area contributed by atoms with E-state index in [0.29, 0.717) is 5.56 Å². The molecule has 2 aliphatic rings. The average Bonchev–Trinajstić information content (AvgIpc) is 3.31. The first kappa shape index (κ1) is 14.0. The van der Waals surface area contributed by atoms with Gasteiger partial charge in [-0.25, -0.2) is 9.18 Å². The van der Waals surface area contributed by atoms with Crippen molar-refractivity contribution in [3.05, 3.63) is 35.6 Å². The van der Waals surface area contributed by atoms with Crippen LogP contribution in [0.5, 0.6) is 0 Å². The Balaban J connectivity index is 2.04. The van der Waals surface area contributed by atoms with E-state index in [1.54, 1.807) is 17.0 Å². The standard InChI is InChI=1S/C15H16FNO4/c1-20-14(19)15(21-2)12(9-3-5-10(16)6-4-9)17(13(15)18)11-7-8-11/h3-6,11-12H,7-8H2,1-2H3/t12-,15-/m0/s1. The van der Waals surface area contributed by atoms with Gasteiger partial charge in [-0.05, 0) is 30.5 Å². The van der Waals surface area contributed by atoms with Crippen LogP contribution in [-0.2, 0) is 19.1 Å². The quantitative estimate of drug-likeness (QED) is 0.479. The maximum absolute atomic E-state index is 13.1. The predicted octanol–water partition coefficient (Wildman–Crippen LogP) is 1.43. The molecule has 1 aliphatic carbocycles. The van der Waals surface area contributed by atoms with Crippen LogP contribution < -0.4 is 0 Å². The number of nitrogens with zero attached hydrogens (tertiary/aromatic N) is 1. The molecular formula is C15H16FNO4. The molecule has 112 valence electrons. The van der Waals surface area contributed by atoms with Crippen molar-refractivity contribution < 1.29 is 23.5 Å². The van der Waals surface area contributed by atoms with E-state index < -0.39 is 17.6 Å². The lowest BCUT2D eigenvalue weighted by atomic mass is 9.77. The van der Waals surface area contributed by atoms with Gasteiger partial charge >= 0.3 is 5.97 Å². The predicted molar refractivity (Wildman–Crippen MR) is 70.8 cm³/mol. The van der Waals surface area contributed by atoms with E-state index in [9.17, 15) is 14.0 Å². The zero-order valence-corrected chi connectivity index (χ0v) is 11.8. The number of benzene rings is 1. The van der Waals surface area contributed by atoms with E-state index in [-0.39, 0.29) is 17.8 Å². The lowest BCUT2D eigenvalue weighted by Crippen LogP contribution is -2.73. The van der Waals surface area contributed by atoms with E-state index in [1.807, 2.05) is 0 Å². The minimum Gasteiger partial charge on any atom is -0.466 e. The van der Waals surface area contributed by atoms with Crippen LogP contribution in [0.25, 0.3) is 0 Å². The molecule has 0 spiro atoms. The first-order valence-corrected chi connectivity index (χ1v) is 6.78. The van der Waals surface area contributed by atoms with Crippen molar-refractivity contribution in [1.82, 2.24) is 4.90 Å². The third kappa shape index (κ3) is 1.86. The molecule has 0 radical (unpaired) electrons. The monoisotopic (exact) mass is 293 g/mol. The summed E-state index contributed by atoms with van der Waals surface area (Å²) in [6.45, 7) is 0. The van der Waals surface area contributed by atoms with Crippen LogP contribution in [0, 0.1) is 5.82 Å². The molecule has 5 nitrogen and oxygen atoms in total. The van der Waals surface area contributed by atoms with Gasteiger partial charge in [-0.1, -0.05) is 12.1 Å². The van der Waals surface area contributed by atoms with Crippen LogP contribution in [0.4, 0.5) is 4.39 Å². The molecule has 0 bridgehead atoms. The SMILES string of the molecule is COC(=O)[C@@]1(OC)C(=O)N(C2CC2)[C@H]1c1ccc(F)cc1.